The molecule has 1 aromatic carbocycles. The van der Waals surface area contributed by atoms with E-state index in [9.17, 15) is 21.4 Å². The van der Waals surface area contributed by atoms with Crippen molar-refractivity contribution in [3.05, 3.63) is 24.3 Å². The maximum atomic E-state index is 12.5. The zero-order valence-corrected chi connectivity index (χ0v) is 11.5. The van der Waals surface area contributed by atoms with Crippen molar-refractivity contribution in [2.24, 2.45) is 0 Å². The monoisotopic (exact) mass is 295 g/mol. The van der Waals surface area contributed by atoms with Gasteiger partial charge in [-0.05, 0) is 26.0 Å². The average molecular weight is 295 g/mol. The largest absolute Gasteiger partial charge is 0.509 e. The molecular weight excluding hydrogens is 280 g/mol. The lowest BCUT2D eigenvalue weighted by atomic mass is 9.80. The summed E-state index contributed by atoms with van der Waals surface area (Å²) in [5, 5.41) is -0.527. The van der Waals surface area contributed by atoms with Crippen molar-refractivity contribution in [2.75, 3.05) is 12.4 Å². The van der Waals surface area contributed by atoms with E-state index in [2.05, 4.69) is 0 Å². The van der Waals surface area contributed by atoms with Crippen molar-refractivity contribution >= 4 is 22.3 Å². The minimum Gasteiger partial charge on any atom is -0.493 e. The highest BCUT2D eigenvalue weighted by molar-refractivity contribution is 7.91. The first-order valence-corrected chi connectivity index (χ1v) is 7.49. The highest BCUT2D eigenvalue weighted by atomic mass is 32.2. The molecule has 0 aliphatic heterocycles. The zero-order valence-electron chi connectivity index (χ0n) is 10.6. The Morgan fingerprint density at radius 3 is 2.42 bits per heavy atom. The molecule has 0 radical (unpaired) electrons. The normalized spacial score (nSPS) is 12.7. The van der Waals surface area contributed by atoms with Crippen LogP contribution in [0.1, 0.15) is 13.8 Å². The molecule has 0 spiro atoms. The molecule has 3 nitrogen and oxygen atoms in total. The van der Waals surface area contributed by atoms with Gasteiger partial charge in [0, 0.05) is 0 Å². The molecule has 0 unspecified atom stereocenters. The Kier molecular flexibility index (Phi) is 4.89. The van der Waals surface area contributed by atoms with Gasteiger partial charge in [0.25, 0.3) is 0 Å². The summed E-state index contributed by atoms with van der Waals surface area (Å²) in [6.07, 6.45) is 0. The van der Waals surface area contributed by atoms with Gasteiger partial charge in [-0.15, -0.1) is 5.46 Å². The van der Waals surface area contributed by atoms with Gasteiger partial charge >= 0.3 is 6.98 Å². The molecular formula is C11H15BF3O3S-. The third kappa shape index (κ3) is 4.78. The molecule has 0 N–H and O–H groups in total. The van der Waals surface area contributed by atoms with E-state index in [1.165, 1.54) is 12.1 Å². The molecule has 0 fully saturated rings. The Hall–Kier alpha value is -1.18. The molecule has 0 aromatic heterocycles. The van der Waals surface area contributed by atoms with Crippen molar-refractivity contribution in [3.8, 4) is 5.75 Å². The lowest BCUT2D eigenvalue weighted by molar-refractivity contribution is 0.340. The van der Waals surface area contributed by atoms with Crippen LogP contribution in [0.2, 0.25) is 0 Å². The van der Waals surface area contributed by atoms with E-state index in [0.29, 0.717) is 0 Å². The lowest BCUT2D eigenvalue weighted by Gasteiger charge is -2.16. The van der Waals surface area contributed by atoms with E-state index in [4.69, 9.17) is 4.74 Å². The van der Waals surface area contributed by atoms with E-state index in [1.807, 2.05) is 0 Å². The first-order valence-electron chi connectivity index (χ1n) is 5.77. The van der Waals surface area contributed by atoms with Crippen molar-refractivity contribution < 1.29 is 26.1 Å². The van der Waals surface area contributed by atoms with E-state index in [1.54, 1.807) is 13.8 Å². The average Bonchev–Trinajstić information content (AvgIpc) is 2.28. The van der Waals surface area contributed by atoms with Gasteiger partial charge in [-0.25, -0.2) is 8.42 Å². The summed E-state index contributed by atoms with van der Waals surface area (Å²) in [7, 11) is -3.25. The van der Waals surface area contributed by atoms with Crippen LogP contribution < -0.4 is 10.2 Å². The Balaban J connectivity index is 2.65. The van der Waals surface area contributed by atoms with Crippen molar-refractivity contribution in [2.45, 2.75) is 19.1 Å². The fraction of sp³-hybridized carbons (Fsp3) is 0.455. The maximum absolute atomic E-state index is 12.5. The first kappa shape index (κ1) is 15.9. The molecule has 108 valence electrons. The number of sulfone groups is 1. The van der Waals surface area contributed by atoms with E-state index < -0.39 is 27.5 Å². The van der Waals surface area contributed by atoms with Crippen molar-refractivity contribution in [1.82, 2.24) is 0 Å². The maximum Gasteiger partial charge on any atom is 0.509 e. The third-order valence-corrected chi connectivity index (χ3v) is 4.76. The molecule has 1 rings (SSSR count). The van der Waals surface area contributed by atoms with Gasteiger partial charge in [0.1, 0.15) is 12.4 Å². The van der Waals surface area contributed by atoms with Crippen LogP contribution in [0.15, 0.2) is 24.3 Å². The van der Waals surface area contributed by atoms with Gasteiger partial charge < -0.3 is 17.7 Å². The lowest BCUT2D eigenvalue weighted by Crippen LogP contribution is -2.33. The van der Waals surface area contributed by atoms with Crippen LogP contribution in [0, 0.1) is 0 Å². The Labute approximate surface area is 110 Å². The zero-order chi connectivity index (χ0) is 14.7. The highest BCUT2D eigenvalue weighted by Crippen LogP contribution is 2.14. The number of benzene rings is 1. The second-order valence-electron chi connectivity index (χ2n) is 4.41. The molecule has 0 saturated carbocycles. The van der Waals surface area contributed by atoms with Gasteiger partial charge in [-0.2, -0.15) is 0 Å². The number of ether oxygens (including phenoxy) is 1. The van der Waals surface area contributed by atoms with Crippen LogP contribution in [-0.2, 0) is 9.84 Å². The van der Waals surface area contributed by atoms with E-state index in [-0.39, 0.29) is 18.1 Å². The van der Waals surface area contributed by atoms with Crippen LogP contribution in [0.3, 0.4) is 0 Å². The molecule has 0 bridgehead atoms. The van der Waals surface area contributed by atoms with E-state index in [0.717, 1.165) is 12.1 Å². The predicted octanol–water partition coefficient (Wildman–Crippen LogP) is 1.94. The van der Waals surface area contributed by atoms with Crippen LogP contribution >= 0.6 is 0 Å². The van der Waals surface area contributed by atoms with Gasteiger partial charge in [-0.1, -0.05) is 12.1 Å². The minimum atomic E-state index is -5.08. The standard InChI is InChI=1S/C11H15BF3O3S/c1-9(2)19(16,17)7-6-18-11-5-3-4-10(8-11)12(13,14)15/h3-5,8-9H,6-7H2,1-2H3/q-1. The second-order valence-corrected chi connectivity index (χ2v) is 7.09. The summed E-state index contributed by atoms with van der Waals surface area (Å²) in [5.41, 5.74) is -0.760. The van der Waals surface area contributed by atoms with Gasteiger partial charge in [0.15, 0.2) is 9.84 Å². The van der Waals surface area contributed by atoms with E-state index >= 15 is 0 Å². The first-order chi connectivity index (χ1) is 8.63. The molecule has 0 atom stereocenters. The third-order valence-electron chi connectivity index (χ3n) is 2.59. The van der Waals surface area contributed by atoms with Crippen molar-refractivity contribution in [3.63, 3.8) is 0 Å². The fourth-order valence-corrected chi connectivity index (χ4v) is 2.11. The van der Waals surface area contributed by atoms with Crippen LogP contribution in [0.25, 0.3) is 0 Å². The van der Waals surface area contributed by atoms with Crippen LogP contribution in [0.4, 0.5) is 12.9 Å². The summed E-state index contributed by atoms with van der Waals surface area (Å²) in [4.78, 5) is 0. The number of hydrogen-bond acceptors (Lipinski definition) is 3. The van der Waals surface area contributed by atoms with Gasteiger partial charge in [-0.3, -0.25) is 0 Å². The molecule has 0 heterocycles. The smallest absolute Gasteiger partial charge is 0.493 e. The minimum absolute atomic E-state index is 0.0238. The van der Waals surface area contributed by atoms with Gasteiger partial charge in [0.2, 0.25) is 0 Å². The number of halogens is 3. The Morgan fingerprint density at radius 2 is 1.89 bits per heavy atom. The summed E-state index contributed by atoms with van der Waals surface area (Å²) in [6.45, 7) is -2.15. The van der Waals surface area contributed by atoms with Crippen LogP contribution in [0.5, 0.6) is 5.75 Å². The molecule has 0 saturated heterocycles. The topological polar surface area (TPSA) is 43.4 Å². The molecule has 19 heavy (non-hydrogen) atoms. The van der Waals surface area contributed by atoms with Crippen LogP contribution in [-0.4, -0.2) is 33.0 Å². The number of hydrogen-bond donors (Lipinski definition) is 0. The highest BCUT2D eigenvalue weighted by Gasteiger charge is 2.25. The summed E-state index contributed by atoms with van der Waals surface area (Å²) in [5.74, 6) is -0.192. The number of rotatable bonds is 6. The predicted molar refractivity (Wildman–Crippen MR) is 69.6 cm³/mol. The fourth-order valence-electron chi connectivity index (χ4n) is 1.32. The molecule has 0 amide bonds. The molecule has 1 aromatic rings. The molecule has 0 aliphatic rings. The Morgan fingerprint density at radius 1 is 1.26 bits per heavy atom. The molecule has 8 heteroatoms. The summed E-state index contributed by atoms with van der Waals surface area (Å²) >= 11 is 0. The van der Waals surface area contributed by atoms with Crippen molar-refractivity contribution in [1.29, 1.82) is 0 Å². The SMILES string of the molecule is CC(C)S(=O)(=O)CCOc1cccc([B-](F)(F)F)c1. The second kappa shape index (κ2) is 5.86. The quantitative estimate of drug-likeness (QED) is 0.753. The van der Waals surface area contributed by atoms with Gasteiger partial charge in [0.05, 0.1) is 11.0 Å². The summed E-state index contributed by atoms with van der Waals surface area (Å²) in [6, 6.07) is 4.43. The molecule has 0 aliphatic carbocycles. The summed E-state index contributed by atoms with van der Waals surface area (Å²) < 4.78 is 65.5. The Bertz CT molecular complexity index is 526.